The molecule has 2 aromatic rings. The number of hydrogen-bond donors (Lipinski definition) is 2. The average molecular weight is 404 g/mol. The highest BCUT2D eigenvalue weighted by atomic mass is 35.5. The summed E-state index contributed by atoms with van der Waals surface area (Å²) >= 11 is 0. The third kappa shape index (κ3) is 6.10. The van der Waals surface area contributed by atoms with Gasteiger partial charge in [-0.05, 0) is 18.2 Å². The van der Waals surface area contributed by atoms with Gasteiger partial charge in [-0.25, -0.2) is 9.37 Å². The molecule has 0 bridgehead atoms. The predicted octanol–water partition coefficient (Wildman–Crippen LogP) is 2.46. The van der Waals surface area contributed by atoms with Gasteiger partial charge in [0, 0.05) is 37.5 Å². The molecular weight excluding hydrogens is 384 g/mol. The second-order valence-corrected chi connectivity index (χ2v) is 5.31. The van der Waals surface area contributed by atoms with Gasteiger partial charge in [0.05, 0.1) is 6.61 Å². The molecular formula is C17H20Cl2FN3O3. The number of aromatic nitrogens is 1. The number of benzene rings is 1. The molecule has 1 fully saturated rings. The first-order valence-corrected chi connectivity index (χ1v) is 7.70. The second kappa shape index (κ2) is 10.9. The Labute approximate surface area is 163 Å². The SMILES string of the molecule is Cl.Cl.O=C(NCc1cccnc1Oc1cccc(F)c1)C1CNCCO1. The third-order valence-electron chi connectivity index (χ3n) is 3.53. The molecule has 26 heavy (non-hydrogen) atoms. The minimum Gasteiger partial charge on any atom is -0.439 e. The van der Waals surface area contributed by atoms with Crippen LogP contribution in [0.5, 0.6) is 11.6 Å². The summed E-state index contributed by atoms with van der Waals surface area (Å²) in [5, 5.41) is 5.91. The van der Waals surface area contributed by atoms with Crippen LogP contribution >= 0.6 is 24.8 Å². The largest absolute Gasteiger partial charge is 0.439 e. The normalized spacial score (nSPS) is 16.0. The van der Waals surface area contributed by atoms with Crippen molar-refractivity contribution in [1.29, 1.82) is 0 Å². The molecule has 1 saturated heterocycles. The van der Waals surface area contributed by atoms with E-state index in [1.54, 1.807) is 30.5 Å². The molecule has 2 heterocycles. The maximum Gasteiger partial charge on any atom is 0.250 e. The average Bonchev–Trinajstić information content (AvgIpc) is 2.61. The van der Waals surface area contributed by atoms with Gasteiger partial charge < -0.3 is 20.1 Å². The second-order valence-electron chi connectivity index (χ2n) is 5.31. The van der Waals surface area contributed by atoms with Crippen molar-refractivity contribution < 1.29 is 18.7 Å². The summed E-state index contributed by atoms with van der Waals surface area (Å²) in [6, 6.07) is 9.35. The smallest absolute Gasteiger partial charge is 0.250 e. The zero-order valence-electron chi connectivity index (χ0n) is 13.8. The Morgan fingerprint density at radius 3 is 2.92 bits per heavy atom. The van der Waals surface area contributed by atoms with Gasteiger partial charge in [-0.15, -0.1) is 24.8 Å². The van der Waals surface area contributed by atoms with E-state index in [4.69, 9.17) is 9.47 Å². The maximum atomic E-state index is 13.3. The van der Waals surface area contributed by atoms with Crippen LogP contribution in [0.15, 0.2) is 42.6 Å². The summed E-state index contributed by atoms with van der Waals surface area (Å²) < 4.78 is 24.3. The van der Waals surface area contributed by atoms with Gasteiger partial charge in [0.25, 0.3) is 5.91 Å². The Kier molecular flexibility index (Phi) is 9.29. The Morgan fingerprint density at radius 2 is 2.19 bits per heavy atom. The summed E-state index contributed by atoms with van der Waals surface area (Å²) in [5.41, 5.74) is 0.693. The highest BCUT2D eigenvalue weighted by Gasteiger charge is 2.21. The van der Waals surface area contributed by atoms with Crippen LogP contribution in [0, 0.1) is 5.82 Å². The lowest BCUT2D eigenvalue weighted by atomic mass is 10.2. The van der Waals surface area contributed by atoms with E-state index in [1.807, 2.05) is 0 Å². The monoisotopic (exact) mass is 403 g/mol. The topological polar surface area (TPSA) is 72.5 Å². The lowest BCUT2D eigenvalue weighted by Crippen LogP contribution is -2.47. The van der Waals surface area contributed by atoms with Crippen LogP contribution in [0.2, 0.25) is 0 Å². The van der Waals surface area contributed by atoms with Crippen molar-refractivity contribution in [2.75, 3.05) is 19.7 Å². The molecule has 0 radical (unpaired) electrons. The van der Waals surface area contributed by atoms with Gasteiger partial charge in [0.15, 0.2) is 0 Å². The summed E-state index contributed by atoms with van der Waals surface area (Å²) in [6.45, 7) is 2.00. The molecule has 2 N–H and O–H groups in total. The molecule has 1 atom stereocenters. The number of carbonyl (C=O) groups is 1. The van der Waals surface area contributed by atoms with Crippen LogP contribution < -0.4 is 15.4 Å². The molecule has 9 heteroatoms. The van der Waals surface area contributed by atoms with Crippen molar-refractivity contribution in [2.24, 2.45) is 0 Å². The number of nitrogens with one attached hydrogen (secondary N) is 2. The summed E-state index contributed by atoms with van der Waals surface area (Å²) in [5.74, 6) is 0.0927. The minimum absolute atomic E-state index is 0. The molecule has 1 amide bonds. The van der Waals surface area contributed by atoms with Crippen LogP contribution in [0.3, 0.4) is 0 Å². The van der Waals surface area contributed by atoms with Crippen molar-refractivity contribution in [3.63, 3.8) is 0 Å². The molecule has 1 aromatic heterocycles. The van der Waals surface area contributed by atoms with Crippen molar-refractivity contribution in [2.45, 2.75) is 12.6 Å². The van der Waals surface area contributed by atoms with Crippen molar-refractivity contribution in [3.05, 3.63) is 54.0 Å². The van der Waals surface area contributed by atoms with Gasteiger partial charge >= 0.3 is 0 Å². The summed E-state index contributed by atoms with van der Waals surface area (Å²) in [6.07, 6.45) is 1.08. The molecule has 142 valence electrons. The molecule has 0 aliphatic carbocycles. The fourth-order valence-electron chi connectivity index (χ4n) is 2.32. The Bertz CT molecular complexity index is 715. The third-order valence-corrected chi connectivity index (χ3v) is 3.53. The molecule has 1 aromatic carbocycles. The van der Waals surface area contributed by atoms with E-state index >= 15 is 0 Å². The first kappa shape index (κ1) is 22.1. The maximum absolute atomic E-state index is 13.3. The molecule has 3 rings (SSSR count). The van der Waals surface area contributed by atoms with Gasteiger partial charge in [-0.2, -0.15) is 0 Å². The van der Waals surface area contributed by atoms with Crippen LogP contribution in [-0.4, -0.2) is 36.7 Å². The standard InChI is InChI=1S/C17H18FN3O3.2ClH/c18-13-4-1-5-14(9-13)24-17-12(3-2-6-20-17)10-21-16(22)15-11-19-7-8-23-15;;/h1-6,9,15,19H,7-8,10-11H2,(H,21,22);2*1H. The molecule has 0 saturated carbocycles. The first-order valence-electron chi connectivity index (χ1n) is 7.70. The predicted molar refractivity (Wildman–Crippen MR) is 99.7 cm³/mol. The Morgan fingerprint density at radius 1 is 1.35 bits per heavy atom. The van der Waals surface area contributed by atoms with Gasteiger partial charge in [0.2, 0.25) is 5.88 Å². The first-order chi connectivity index (χ1) is 11.7. The number of nitrogens with zero attached hydrogens (tertiary/aromatic N) is 1. The van der Waals surface area contributed by atoms with E-state index in [1.165, 1.54) is 12.1 Å². The fourth-order valence-corrected chi connectivity index (χ4v) is 2.32. The van der Waals surface area contributed by atoms with Crippen LogP contribution in [0.4, 0.5) is 4.39 Å². The quantitative estimate of drug-likeness (QED) is 0.801. The number of amides is 1. The lowest BCUT2D eigenvalue weighted by molar-refractivity contribution is -0.134. The highest BCUT2D eigenvalue weighted by molar-refractivity contribution is 5.85. The van der Waals surface area contributed by atoms with Crippen LogP contribution in [0.25, 0.3) is 0 Å². The minimum atomic E-state index is -0.497. The molecule has 1 unspecified atom stereocenters. The number of halogens is 3. The van der Waals surface area contributed by atoms with E-state index in [2.05, 4.69) is 15.6 Å². The Balaban J connectivity index is 0.00000169. The fraction of sp³-hybridized carbons (Fsp3) is 0.294. The number of morpholine rings is 1. The van der Waals surface area contributed by atoms with E-state index in [0.29, 0.717) is 30.3 Å². The molecule has 0 spiro atoms. The number of pyridine rings is 1. The van der Waals surface area contributed by atoms with Gasteiger partial charge in [0.1, 0.15) is 17.7 Å². The zero-order chi connectivity index (χ0) is 16.8. The van der Waals surface area contributed by atoms with Crippen LogP contribution in [-0.2, 0) is 16.1 Å². The number of hydrogen-bond acceptors (Lipinski definition) is 5. The van der Waals surface area contributed by atoms with E-state index in [9.17, 15) is 9.18 Å². The number of carbonyl (C=O) groups excluding carboxylic acids is 1. The number of ether oxygens (including phenoxy) is 2. The Hall–Kier alpha value is -1.93. The zero-order valence-corrected chi connectivity index (χ0v) is 15.4. The van der Waals surface area contributed by atoms with Gasteiger partial charge in [-0.3, -0.25) is 4.79 Å². The van der Waals surface area contributed by atoms with Crippen molar-refractivity contribution >= 4 is 30.7 Å². The summed E-state index contributed by atoms with van der Waals surface area (Å²) in [4.78, 5) is 16.3. The van der Waals surface area contributed by atoms with E-state index in [-0.39, 0.29) is 43.1 Å². The number of rotatable bonds is 5. The van der Waals surface area contributed by atoms with Gasteiger partial charge in [-0.1, -0.05) is 12.1 Å². The summed E-state index contributed by atoms with van der Waals surface area (Å²) in [7, 11) is 0. The van der Waals surface area contributed by atoms with Crippen molar-refractivity contribution in [1.82, 2.24) is 15.6 Å². The van der Waals surface area contributed by atoms with E-state index < -0.39 is 6.10 Å². The molecule has 1 aliphatic heterocycles. The van der Waals surface area contributed by atoms with Crippen molar-refractivity contribution in [3.8, 4) is 11.6 Å². The highest BCUT2D eigenvalue weighted by Crippen LogP contribution is 2.23. The van der Waals surface area contributed by atoms with E-state index in [0.717, 1.165) is 6.54 Å². The lowest BCUT2D eigenvalue weighted by Gasteiger charge is -2.22. The molecule has 6 nitrogen and oxygen atoms in total. The van der Waals surface area contributed by atoms with Crippen LogP contribution in [0.1, 0.15) is 5.56 Å². The molecule has 1 aliphatic rings.